The number of rotatable bonds is 7. The van der Waals surface area contributed by atoms with Crippen molar-refractivity contribution in [1.82, 2.24) is 15.1 Å². The minimum Gasteiger partial charge on any atom is -0.466 e. The number of esters is 1. The summed E-state index contributed by atoms with van der Waals surface area (Å²) in [7, 11) is 5.06. The number of piperidine rings is 1. The van der Waals surface area contributed by atoms with Crippen molar-refractivity contribution in [3.8, 4) is 0 Å². The van der Waals surface area contributed by atoms with E-state index < -0.39 is 0 Å². The van der Waals surface area contributed by atoms with Crippen LogP contribution in [0.4, 0.5) is 0 Å². The number of nitrogens with zero attached hydrogens (tertiary/aromatic N) is 3. The van der Waals surface area contributed by atoms with E-state index in [-0.39, 0.29) is 48.3 Å². The Hall–Kier alpha value is -1.10. The summed E-state index contributed by atoms with van der Waals surface area (Å²) in [5.41, 5.74) is 0. The van der Waals surface area contributed by atoms with Gasteiger partial charge in [-0.2, -0.15) is 0 Å². The second-order valence-corrected chi connectivity index (χ2v) is 5.86. The summed E-state index contributed by atoms with van der Waals surface area (Å²) in [6, 6.07) is 0. The third kappa shape index (κ3) is 8.70. The molecule has 1 N–H and O–H groups in total. The fourth-order valence-electron chi connectivity index (χ4n) is 2.40. The fraction of sp³-hybridized carbons (Fsp3) is 0.812. The molecular weight excluding hydrogens is 439 g/mol. The van der Waals surface area contributed by atoms with Crippen LogP contribution in [-0.4, -0.2) is 88.2 Å². The van der Waals surface area contributed by atoms with Crippen molar-refractivity contribution in [1.29, 1.82) is 0 Å². The Kier molecular flexibility index (Phi) is 12.6. The van der Waals surface area contributed by atoms with Crippen LogP contribution in [-0.2, 0) is 19.1 Å². The van der Waals surface area contributed by atoms with Crippen molar-refractivity contribution >= 4 is 41.8 Å². The number of amides is 1. The zero-order valence-corrected chi connectivity index (χ0v) is 17.9. The predicted molar refractivity (Wildman–Crippen MR) is 107 cm³/mol. The number of hydrogen-bond acceptors (Lipinski definition) is 5. The van der Waals surface area contributed by atoms with Crippen LogP contribution < -0.4 is 5.32 Å². The maximum Gasteiger partial charge on any atom is 0.309 e. The third-order valence-electron chi connectivity index (χ3n) is 3.87. The maximum atomic E-state index is 11.8. The summed E-state index contributed by atoms with van der Waals surface area (Å²) in [6.07, 6.45) is 1.46. The van der Waals surface area contributed by atoms with Crippen molar-refractivity contribution in [3.63, 3.8) is 0 Å². The number of halogens is 1. The van der Waals surface area contributed by atoms with Gasteiger partial charge in [-0.15, -0.1) is 24.0 Å². The average Bonchev–Trinajstić information content (AvgIpc) is 2.58. The molecule has 0 atom stereocenters. The molecule has 0 bridgehead atoms. The molecule has 0 aromatic heterocycles. The number of likely N-dealkylation sites (N-methyl/N-ethyl adjacent to an activating group) is 1. The number of likely N-dealkylation sites (tertiary alicyclic amines) is 1. The van der Waals surface area contributed by atoms with Gasteiger partial charge < -0.3 is 24.6 Å². The smallest absolute Gasteiger partial charge is 0.309 e. The zero-order valence-electron chi connectivity index (χ0n) is 15.6. The first kappa shape index (κ1) is 23.9. The molecule has 9 heteroatoms. The van der Waals surface area contributed by atoms with E-state index in [1.165, 1.54) is 4.90 Å². The number of carbonyl (C=O) groups excluding carboxylic acids is 2. The lowest BCUT2D eigenvalue weighted by Crippen LogP contribution is -2.47. The summed E-state index contributed by atoms with van der Waals surface area (Å²) >= 11 is 0. The number of ether oxygens (including phenoxy) is 2. The third-order valence-corrected chi connectivity index (χ3v) is 3.87. The van der Waals surface area contributed by atoms with Crippen LogP contribution in [0.3, 0.4) is 0 Å². The summed E-state index contributed by atoms with van der Waals surface area (Å²) in [4.78, 5) is 31.6. The van der Waals surface area contributed by atoms with Crippen molar-refractivity contribution < 1.29 is 19.1 Å². The second-order valence-electron chi connectivity index (χ2n) is 5.86. The van der Waals surface area contributed by atoms with E-state index >= 15 is 0 Å². The Labute approximate surface area is 167 Å². The standard InChI is InChI=1S/C16H30N4O4.HI/c1-5-24-15(22)13-6-9-20(10-7-13)16(17-8-11-23-4)18-12-14(21)19(2)3;/h13H,5-12H2,1-4H3,(H,17,18);1H. The van der Waals surface area contributed by atoms with Gasteiger partial charge in [-0.05, 0) is 19.8 Å². The number of nitrogens with one attached hydrogen (secondary N) is 1. The largest absolute Gasteiger partial charge is 0.466 e. The summed E-state index contributed by atoms with van der Waals surface area (Å²) in [5.74, 6) is 0.461. The molecule has 146 valence electrons. The first-order valence-corrected chi connectivity index (χ1v) is 8.38. The Morgan fingerprint density at radius 2 is 1.92 bits per heavy atom. The molecule has 1 heterocycles. The van der Waals surface area contributed by atoms with E-state index in [0.29, 0.717) is 38.8 Å². The molecule has 8 nitrogen and oxygen atoms in total. The number of guanidine groups is 1. The quantitative estimate of drug-likeness (QED) is 0.193. The molecule has 25 heavy (non-hydrogen) atoms. The monoisotopic (exact) mass is 470 g/mol. The molecule has 0 aromatic carbocycles. The van der Waals surface area contributed by atoms with Gasteiger partial charge in [0.15, 0.2) is 5.96 Å². The van der Waals surface area contributed by atoms with Crippen molar-refractivity contribution in [2.75, 3.05) is 60.6 Å². The molecule has 0 aromatic rings. The lowest BCUT2D eigenvalue weighted by molar-refractivity contribution is -0.149. The molecule has 1 aliphatic rings. The van der Waals surface area contributed by atoms with E-state index in [2.05, 4.69) is 15.2 Å². The molecular formula is C16H31IN4O4. The number of carbonyl (C=O) groups is 2. The molecule has 0 radical (unpaired) electrons. The van der Waals surface area contributed by atoms with E-state index in [4.69, 9.17) is 9.47 Å². The van der Waals surface area contributed by atoms with Gasteiger partial charge in [0.1, 0.15) is 6.54 Å². The van der Waals surface area contributed by atoms with Gasteiger partial charge in [0.25, 0.3) is 0 Å². The molecule has 1 aliphatic heterocycles. The van der Waals surface area contributed by atoms with Gasteiger partial charge in [0.05, 0.1) is 19.1 Å². The number of methoxy groups -OCH3 is 1. The Morgan fingerprint density at radius 1 is 1.28 bits per heavy atom. The van der Waals surface area contributed by atoms with Crippen LogP contribution in [0.5, 0.6) is 0 Å². The summed E-state index contributed by atoms with van der Waals surface area (Å²) in [5, 5.41) is 3.22. The van der Waals surface area contributed by atoms with E-state index in [1.807, 2.05) is 6.92 Å². The summed E-state index contributed by atoms with van der Waals surface area (Å²) in [6.45, 7) is 4.91. The van der Waals surface area contributed by atoms with Crippen LogP contribution in [0.15, 0.2) is 4.99 Å². The number of hydrogen-bond donors (Lipinski definition) is 1. The highest BCUT2D eigenvalue weighted by atomic mass is 127. The predicted octanol–water partition coefficient (Wildman–Crippen LogP) is 0.560. The Morgan fingerprint density at radius 3 is 2.44 bits per heavy atom. The van der Waals surface area contributed by atoms with Gasteiger partial charge in [0, 0.05) is 40.8 Å². The van der Waals surface area contributed by atoms with Gasteiger partial charge in [-0.25, -0.2) is 4.99 Å². The Balaban J connectivity index is 0.00000576. The lowest BCUT2D eigenvalue weighted by Gasteiger charge is -2.33. The van der Waals surface area contributed by atoms with E-state index in [0.717, 1.165) is 12.8 Å². The van der Waals surface area contributed by atoms with Crippen LogP contribution >= 0.6 is 24.0 Å². The molecule has 1 fully saturated rings. The normalized spacial score (nSPS) is 15.4. The van der Waals surface area contributed by atoms with Gasteiger partial charge in [-0.3, -0.25) is 9.59 Å². The van der Waals surface area contributed by atoms with Gasteiger partial charge in [-0.1, -0.05) is 0 Å². The minimum atomic E-state index is -0.120. The highest BCUT2D eigenvalue weighted by Crippen LogP contribution is 2.18. The second kappa shape index (κ2) is 13.2. The van der Waals surface area contributed by atoms with Crippen LogP contribution in [0.2, 0.25) is 0 Å². The molecule has 0 saturated carbocycles. The topological polar surface area (TPSA) is 83.5 Å². The van der Waals surface area contributed by atoms with Crippen LogP contribution in [0.25, 0.3) is 0 Å². The SMILES string of the molecule is CCOC(=O)C1CCN(C(=NCC(=O)N(C)C)NCCOC)CC1.I. The van der Waals surface area contributed by atoms with Gasteiger partial charge >= 0.3 is 5.97 Å². The molecule has 0 spiro atoms. The lowest BCUT2D eigenvalue weighted by atomic mass is 9.97. The molecule has 1 amide bonds. The van der Waals surface area contributed by atoms with Crippen molar-refractivity contribution in [2.45, 2.75) is 19.8 Å². The first-order valence-electron chi connectivity index (χ1n) is 8.38. The molecule has 0 aliphatic carbocycles. The molecule has 0 unspecified atom stereocenters. The van der Waals surface area contributed by atoms with E-state index in [1.54, 1.807) is 21.2 Å². The first-order chi connectivity index (χ1) is 11.5. The summed E-state index contributed by atoms with van der Waals surface area (Å²) < 4.78 is 10.1. The average molecular weight is 470 g/mol. The maximum absolute atomic E-state index is 11.8. The van der Waals surface area contributed by atoms with Crippen LogP contribution in [0, 0.1) is 5.92 Å². The van der Waals surface area contributed by atoms with Gasteiger partial charge in [0.2, 0.25) is 5.91 Å². The van der Waals surface area contributed by atoms with Crippen molar-refractivity contribution in [3.05, 3.63) is 0 Å². The van der Waals surface area contributed by atoms with E-state index in [9.17, 15) is 9.59 Å². The minimum absolute atomic E-state index is 0. The Bertz CT molecular complexity index is 438. The van der Waals surface area contributed by atoms with Crippen LogP contribution in [0.1, 0.15) is 19.8 Å². The highest BCUT2D eigenvalue weighted by Gasteiger charge is 2.27. The number of aliphatic imine (C=N–C) groups is 1. The fourth-order valence-corrected chi connectivity index (χ4v) is 2.40. The molecule has 1 rings (SSSR count). The zero-order chi connectivity index (χ0) is 17.9. The molecule has 1 saturated heterocycles. The van der Waals surface area contributed by atoms with Crippen molar-refractivity contribution in [2.24, 2.45) is 10.9 Å². The highest BCUT2D eigenvalue weighted by molar-refractivity contribution is 14.0.